The summed E-state index contributed by atoms with van der Waals surface area (Å²) in [6.07, 6.45) is 8.16. The number of carbonyl (C=O) groups is 3. The maximum Gasteiger partial charge on any atom is 0.407 e. The van der Waals surface area contributed by atoms with Crippen molar-refractivity contribution in [1.29, 1.82) is 0 Å². The van der Waals surface area contributed by atoms with E-state index in [0.29, 0.717) is 18.7 Å². The van der Waals surface area contributed by atoms with E-state index in [2.05, 4.69) is 10.8 Å². The van der Waals surface area contributed by atoms with Gasteiger partial charge in [-0.3, -0.25) is 9.59 Å². The first-order valence-corrected chi connectivity index (χ1v) is 12.3. The topological polar surface area (TPSA) is 108 Å². The zero-order valence-electron chi connectivity index (χ0n) is 21.8. The number of benzene rings is 1. The van der Waals surface area contributed by atoms with Crippen molar-refractivity contribution >= 4 is 29.9 Å². The number of amides is 2. The maximum absolute atomic E-state index is 12.6. The molecule has 0 aliphatic carbocycles. The number of ether oxygens (including phenoxy) is 2. The SMILES string of the molecule is Cn1c(/C=C/C(=O)NOC2CCCCO2)ccc1/C=C/C(=O)c1ccc(CNC(=O)OC(C)(C)C)cc1. The Kier molecular flexibility index (Phi) is 9.82. The van der Waals surface area contributed by atoms with Crippen LogP contribution in [0, 0.1) is 0 Å². The van der Waals surface area contributed by atoms with E-state index in [9.17, 15) is 14.4 Å². The third-order valence-electron chi connectivity index (χ3n) is 5.51. The monoisotopic (exact) mass is 509 g/mol. The van der Waals surface area contributed by atoms with Gasteiger partial charge in [0.25, 0.3) is 5.91 Å². The van der Waals surface area contributed by atoms with Crippen LogP contribution in [0.15, 0.2) is 48.6 Å². The summed E-state index contributed by atoms with van der Waals surface area (Å²) < 4.78 is 12.5. The fourth-order valence-corrected chi connectivity index (χ4v) is 3.53. The van der Waals surface area contributed by atoms with Crippen LogP contribution in [0.25, 0.3) is 12.2 Å². The number of hydroxylamine groups is 1. The van der Waals surface area contributed by atoms with E-state index in [-0.39, 0.29) is 11.7 Å². The van der Waals surface area contributed by atoms with Crippen molar-refractivity contribution in [3.8, 4) is 0 Å². The number of aromatic nitrogens is 1. The summed E-state index contributed by atoms with van der Waals surface area (Å²) in [6, 6.07) is 10.7. The Morgan fingerprint density at radius 3 is 2.32 bits per heavy atom. The minimum atomic E-state index is -0.560. The van der Waals surface area contributed by atoms with Crippen molar-refractivity contribution in [3.63, 3.8) is 0 Å². The lowest BCUT2D eigenvalue weighted by atomic mass is 10.1. The van der Waals surface area contributed by atoms with E-state index in [1.54, 1.807) is 57.2 Å². The summed E-state index contributed by atoms with van der Waals surface area (Å²) in [6.45, 7) is 6.35. The normalized spacial score (nSPS) is 16.2. The van der Waals surface area contributed by atoms with Gasteiger partial charge in [0.1, 0.15) is 5.60 Å². The molecule has 1 aromatic heterocycles. The number of hydrogen-bond acceptors (Lipinski definition) is 6. The van der Waals surface area contributed by atoms with Crippen LogP contribution in [-0.4, -0.2) is 40.8 Å². The Hall–Kier alpha value is -3.69. The van der Waals surface area contributed by atoms with Crippen LogP contribution in [0.3, 0.4) is 0 Å². The molecule has 0 spiro atoms. The van der Waals surface area contributed by atoms with Crippen molar-refractivity contribution in [2.75, 3.05) is 6.61 Å². The molecule has 1 aliphatic heterocycles. The smallest absolute Gasteiger partial charge is 0.407 e. The van der Waals surface area contributed by atoms with Crippen LogP contribution in [0.2, 0.25) is 0 Å². The van der Waals surface area contributed by atoms with Crippen molar-refractivity contribution in [2.45, 2.75) is 58.5 Å². The Bertz CT molecular complexity index is 1140. The van der Waals surface area contributed by atoms with Crippen LogP contribution in [0.5, 0.6) is 0 Å². The summed E-state index contributed by atoms with van der Waals surface area (Å²) in [4.78, 5) is 41.7. The van der Waals surface area contributed by atoms with Gasteiger partial charge in [-0.2, -0.15) is 0 Å². The van der Waals surface area contributed by atoms with Crippen LogP contribution in [-0.2, 0) is 32.7 Å². The molecule has 9 nitrogen and oxygen atoms in total. The Labute approximate surface area is 217 Å². The molecule has 1 aliphatic rings. The summed E-state index contributed by atoms with van der Waals surface area (Å²) in [7, 11) is 1.85. The first kappa shape index (κ1) is 27.9. The lowest BCUT2D eigenvalue weighted by Crippen LogP contribution is -2.32. The molecule has 1 fully saturated rings. The first-order chi connectivity index (χ1) is 17.6. The van der Waals surface area contributed by atoms with E-state index in [4.69, 9.17) is 14.3 Å². The molecule has 0 radical (unpaired) electrons. The molecule has 198 valence electrons. The van der Waals surface area contributed by atoms with Crippen molar-refractivity contribution < 1.29 is 28.7 Å². The molecule has 37 heavy (non-hydrogen) atoms. The van der Waals surface area contributed by atoms with E-state index in [1.807, 2.05) is 23.7 Å². The average molecular weight is 510 g/mol. The summed E-state index contributed by atoms with van der Waals surface area (Å²) in [5.74, 6) is -0.529. The highest BCUT2D eigenvalue weighted by Gasteiger charge is 2.16. The fraction of sp³-hybridized carbons (Fsp3) is 0.393. The minimum absolute atomic E-state index is 0.147. The Morgan fingerprint density at radius 1 is 1.03 bits per heavy atom. The molecule has 1 atom stereocenters. The molecule has 2 aromatic rings. The van der Waals surface area contributed by atoms with E-state index < -0.39 is 18.0 Å². The molecule has 1 saturated heterocycles. The van der Waals surface area contributed by atoms with Crippen LogP contribution in [0.4, 0.5) is 4.79 Å². The van der Waals surface area contributed by atoms with Gasteiger partial charge in [0.2, 0.25) is 0 Å². The van der Waals surface area contributed by atoms with Crippen molar-refractivity contribution in [2.24, 2.45) is 7.05 Å². The quantitative estimate of drug-likeness (QED) is 0.292. The molecule has 1 unspecified atom stereocenters. The van der Waals surface area contributed by atoms with Gasteiger partial charge in [-0.05, 0) is 69.5 Å². The van der Waals surface area contributed by atoms with Gasteiger partial charge in [-0.1, -0.05) is 24.3 Å². The number of nitrogens with one attached hydrogen (secondary N) is 2. The first-order valence-electron chi connectivity index (χ1n) is 12.3. The van der Waals surface area contributed by atoms with Crippen LogP contribution < -0.4 is 10.8 Å². The average Bonchev–Trinajstić information content (AvgIpc) is 3.22. The zero-order valence-corrected chi connectivity index (χ0v) is 21.8. The highest BCUT2D eigenvalue weighted by Crippen LogP contribution is 2.14. The molecule has 9 heteroatoms. The molecular formula is C28H35N3O6. The molecule has 0 bridgehead atoms. The zero-order chi connectivity index (χ0) is 26.8. The van der Waals surface area contributed by atoms with Gasteiger partial charge < -0.3 is 19.4 Å². The molecular weight excluding hydrogens is 474 g/mol. The number of carbonyl (C=O) groups excluding carboxylic acids is 3. The highest BCUT2D eigenvalue weighted by atomic mass is 16.8. The summed E-state index contributed by atoms with van der Waals surface area (Å²) >= 11 is 0. The van der Waals surface area contributed by atoms with Gasteiger partial charge in [0, 0.05) is 49.6 Å². The van der Waals surface area contributed by atoms with Gasteiger partial charge >= 0.3 is 6.09 Å². The largest absolute Gasteiger partial charge is 0.444 e. The van der Waals surface area contributed by atoms with Crippen molar-refractivity contribution in [3.05, 3.63) is 71.1 Å². The Balaban J connectivity index is 1.49. The second kappa shape index (κ2) is 13.0. The lowest BCUT2D eigenvalue weighted by molar-refractivity contribution is -0.198. The second-order valence-corrected chi connectivity index (χ2v) is 9.71. The number of rotatable bonds is 9. The molecule has 2 heterocycles. The molecule has 3 rings (SSSR count). The Morgan fingerprint density at radius 2 is 1.70 bits per heavy atom. The molecule has 2 amide bonds. The predicted octanol–water partition coefficient (Wildman–Crippen LogP) is 4.53. The number of alkyl carbamates (subject to hydrolysis) is 1. The number of ketones is 1. The third-order valence-corrected chi connectivity index (χ3v) is 5.51. The molecule has 0 saturated carbocycles. The standard InChI is InChI=1S/C28H35N3O6/c1-28(2,3)36-27(34)29-19-20-8-10-21(11-9-20)24(32)16-14-22-12-13-23(31(22)4)15-17-25(33)30-37-26-7-5-6-18-35-26/h8-17,26H,5-7,18-19H2,1-4H3,(H,29,34)(H,30,33)/b16-14+,17-15+. The van der Waals surface area contributed by atoms with E-state index in [1.165, 1.54) is 12.2 Å². The van der Waals surface area contributed by atoms with Gasteiger partial charge in [0.15, 0.2) is 12.1 Å². The predicted molar refractivity (Wildman–Crippen MR) is 140 cm³/mol. The highest BCUT2D eigenvalue weighted by molar-refractivity contribution is 6.06. The summed E-state index contributed by atoms with van der Waals surface area (Å²) in [5, 5.41) is 2.69. The van der Waals surface area contributed by atoms with Crippen molar-refractivity contribution in [1.82, 2.24) is 15.4 Å². The molecule has 1 aromatic carbocycles. The third kappa shape index (κ3) is 9.36. The maximum atomic E-state index is 12.6. The van der Waals surface area contributed by atoms with Crippen LogP contribution >= 0.6 is 0 Å². The van der Waals surface area contributed by atoms with Crippen LogP contribution in [0.1, 0.15) is 67.3 Å². The fourth-order valence-electron chi connectivity index (χ4n) is 3.53. The lowest BCUT2D eigenvalue weighted by Gasteiger charge is -2.21. The molecule has 2 N–H and O–H groups in total. The number of hydrogen-bond donors (Lipinski definition) is 2. The second-order valence-electron chi connectivity index (χ2n) is 9.71. The van der Waals surface area contributed by atoms with Gasteiger partial charge in [0.05, 0.1) is 0 Å². The van der Waals surface area contributed by atoms with E-state index in [0.717, 1.165) is 36.2 Å². The number of nitrogens with zero attached hydrogens (tertiary/aromatic N) is 1. The van der Waals surface area contributed by atoms with Gasteiger partial charge in [-0.25, -0.2) is 15.1 Å². The minimum Gasteiger partial charge on any atom is -0.444 e. The van der Waals surface area contributed by atoms with Gasteiger partial charge in [-0.15, -0.1) is 0 Å². The number of allylic oxidation sites excluding steroid dienone is 1. The van der Waals surface area contributed by atoms with E-state index >= 15 is 0 Å². The summed E-state index contributed by atoms with van der Waals surface area (Å²) in [5.41, 5.74) is 4.81.